The smallest absolute Gasteiger partial charge is 0.234 e. The van der Waals surface area contributed by atoms with Crippen molar-refractivity contribution in [1.82, 2.24) is 14.8 Å². The average molecular weight is 325 g/mol. The Hall–Kier alpha value is -1.86. The van der Waals surface area contributed by atoms with Crippen LogP contribution < -0.4 is 4.31 Å². The summed E-state index contributed by atoms with van der Waals surface area (Å²) in [5.41, 5.74) is 0.765. The monoisotopic (exact) mass is 324 g/mol. The maximum Gasteiger partial charge on any atom is 0.259 e. The lowest BCUT2D eigenvalue weighted by atomic mass is 10.2. The third-order valence-electron chi connectivity index (χ3n) is 3.16. The predicted molar refractivity (Wildman–Crippen MR) is 81.4 cm³/mol. The molecule has 0 amide bonds. The topological polar surface area (TPSA) is 68.1 Å². The van der Waals surface area contributed by atoms with Crippen molar-refractivity contribution in [2.24, 2.45) is 0 Å². The lowest BCUT2D eigenvalue weighted by Gasteiger charge is -2.25. The van der Waals surface area contributed by atoms with E-state index in [1.165, 1.54) is 16.0 Å². The van der Waals surface area contributed by atoms with Crippen LogP contribution in [0.2, 0.25) is 5.02 Å². The molecule has 0 bridgehead atoms. The quantitative estimate of drug-likeness (QED) is 0.867. The van der Waals surface area contributed by atoms with Gasteiger partial charge in [0.2, 0.25) is 5.95 Å². The number of aromatic nitrogens is 3. The largest absolute Gasteiger partial charge is 0.259 e. The second-order valence-corrected chi connectivity index (χ2v) is 6.79. The Kier molecular flexibility index (Phi) is 3.69. The summed E-state index contributed by atoms with van der Waals surface area (Å²) in [5.74, 6) is 0.363. The predicted octanol–water partition coefficient (Wildman–Crippen LogP) is 2.14. The first-order valence-electron chi connectivity index (χ1n) is 6.40. The van der Waals surface area contributed by atoms with Crippen molar-refractivity contribution < 1.29 is 8.42 Å². The Morgan fingerprint density at radius 3 is 2.71 bits per heavy atom. The highest BCUT2D eigenvalue weighted by Gasteiger charge is 2.27. The molecule has 2 heterocycles. The molecule has 0 saturated heterocycles. The van der Waals surface area contributed by atoms with E-state index in [0.29, 0.717) is 30.5 Å². The summed E-state index contributed by atoms with van der Waals surface area (Å²) in [4.78, 5) is 4.02. The van der Waals surface area contributed by atoms with Gasteiger partial charge < -0.3 is 0 Å². The summed E-state index contributed by atoms with van der Waals surface area (Å²) in [7, 11) is -3.58. The van der Waals surface area contributed by atoms with Gasteiger partial charge in [0.05, 0.1) is 5.41 Å². The second kappa shape index (κ2) is 5.50. The van der Waals surface area contributed by atoms with Crippen molar-refractivity contribution in [2.75, 3.05) is 10.8 Å². The Labute approximate surface area is 127 Å². The Balaban J connectivity index is 1.87. The van der Waals surface area contributed by atoms with E-state index in [-0.39, 0.29) is 0 Å². The lowest BCUT2D eigenvalue weighted by Crippen LogP contribution is -2.36. The number of sulfonamides is 1. The number of benzene rings is 1. The number of nitrogens with zero attached hydrogens (tertiary/aromatic N) is 4. The van der Waals surface area contributed by atoms with Crippen LogP contribution in [0.25, 0.3) is 6.08 Å². The van der Waals surface area contributed by atoms with Gasteiger partial charge in [-0.1, -0.05) is 23.7 Å². The third kappa shape index (κ3) is 2.93. The van der Waals surface area contributed by atoms with E-state index < -0.39 is 10.0 Å². The molecule has 0 spiro atoms. The highest BCUT2D eigenvalue weighted by atomic mass is 35.5. The minimum absolute atomic E-state index is 0.363. The van der Waals surface area contributed by atoms with Crippen LogP contribution in [0.3, 0.4) is 0 Å². The molecule has 0 fully saturated rings. The van der Waals surface area contributed by atoms with Crippen LogP contribution in [-0.4, -0.2) is 29.7 Å². The molecule has 21 heavy (non-hydrogen) atoms. The van der Waals surface area contributed by atoms with Gasteiger partial charge in [0, 0.05) is 18.1 Å². The molecule has 0 radical (unpaired) electrons. The van der Waals surface area contributed by atoms with E-state index in [4.69, 9.17) is 11.6 Å². The third-order valence-corrected chi connectivity index (χ3v) is 4.85. The van der Waals surface area contributed by atoms with E-state index in [1.807, 2.05) is 0 Å². The van der Waals surface area contributed by atoms with E-state index in [2.05, 4.69) is 10.1 Å². The Bertz CT molecular complexity index is 768. The minimum Gasteiger partial charge on any atom is -0.234 e. The van der Waals surface area contributed by atoms with Crippen molar-refractivity contribution in [3.05, 3.63) is 46.6 Å². The van der Waals surface area contributed by atoms with Crippen LogP contribution in [0.15, 0.2) is 36.0 Å². The molecule has 0 unspecified atom stereocenters. The van der Waals surface area contributed by atoms with Gasteiger partial charge in [-0.3, -0.25) is 0 Å². The summed E-state index contributed by atoms with van der Waals surface area (Å²) in [5, 5.41) is 5.80. The second-order valence-electron chi connectivity index (χ2n) is 4.61. The Morgan fingerprint density at radius 2 is 1.95 bits per heavy atom. The number of aryl methyl sites for hydroxylation is 1. The van der Waals surface area contributed by atoms with Crippen LogP contribution in [-0.2, 0) is 16.6 Å². The fourth-order valence-electron chi connectivity index (χ4n) is 2.13. The molecule has 8 heteroatoms. The lowest BCUT2D eigenvalue weighted by molar-refractivity contribution is 0.533. The number of hydrogen-bond donors (Lipinski definition) is 0. The van der Waals surface area contributed by atoms with Crippen LogP contribution in [0.5, 0.6) is 0 Å². The average Bonchev–Trinajstić information content (AvgIpc) is 2.95. The van der Waals surface area contributed by atoms with Crippen molar-refractivity contribution in [3.63, 3.8) is 0 Å². The van der Waals surface area contributed by atoms with Gasteiger partial charge >= 0.3 is 0 Å². The van der Waals surface area contributed by atoms with Gasteiger partial charge in [0.25, 0.3) is 10.0 Å². The highest BCUT2D eigenvalue weighted by Crippen LogP contribution is 2.21. The number of halogens is 1. The molecule has 1 aliphatic rings. The first kappa shape index (κ1) is 14.1. The first-order chi connectivity index (χ1) is 10.1. The van der Waals surface area contributed by atoms with Crippen LogP contribution >= 0.6 is 11.6 Å². The molecule has 3 rings (SSSR count). The maximum atomic E-state index is 12.4. The summed E-state index contributed by atoms with van der Waals surface area (Å²) in [6.45, 7) is 1.09. The summed E-state index contributed by atoms with van der Waals surface area (Å²) in [6, 6.07) is 6.94. The van der Waals surface area contributed by atoms with Gasteiger partial charge in [-0.05, 0) is 30.2 Å². The molecule has 1 aromatic carbocycles. The fraction of sp³-hybridized carbons (Fsp3) is 0.231. The Morgan fingerprint density at radius 1 is 1.19 bits per heavy atom. The fourth-order valence-corrected chi connectivity index (χ4v) is 3.48. The molecular weight excluding hydrogens is 312 g/mol. The van der Waals surface area contributed by atoms with Crippen LogP contribution in [0.1, 0.15) is 12.0 Å². The number of rotatable bonds is 3. The van der Waals surface area contributed by atoms with Crippen LogP contribution in [0, 0.1) is 0 Å². The molecule has 1 aliphatic heterocycles. The molecule has 1 aromatic heterocycles. The SMILES string of the molecule is O=S(=O)(C=Cc1ccc(Cl)cc1)N1CCCn2ncnc21. The number of fused-ring (bicyclic) bond motifs is 1. The highest BCUT2D eigenvalue weighted by molar-refractivity contribution is 7.95. The van der Waals surface area contributed by atoms with Gasteiger partial charge in [0.15, 0.2) is 0 Å². The zero-order chi connectivity index (χ0) is 14.9. The van der Waals surface area contributed by atoms with Crippen molar-refractivity contribution in [1.29, 1.82) is 0 Å². The van der Waals surface area contributed by atoms with E-state index in [1.54, 1.807) is 35.0 Å². The summed E-state index contributed by atoms with van der Waals surface area (Å²) < 4.78 is 27.7. The zero-order valence-corrected chi connectivity index (χ0v) is 12.6. The van der Waals surface area contributed by atoms with E-state index in [0.717, 1.165) is 5.56 Å². The van der Waals surface area contributed by atoms with Gasteiger partial charge in [0.1, 0.15) is 6.33 Å². The molecule has 0 saturated carbocycles. The van der Waals surface area contributed by atoms with Gasteiger partial charge in [-0.2, -0.15) is 10.1 Å². The maximum absolute atomic E-state index is 12.4. The summed E-state index contributed by atoms with van der Waals surface area (Å²) in [6.07, 6.45) is 3.62. The molecule has 6 nitrogen and oxygen atoms in total. The standard InChI is InChI=1S/C13H13ClN4O2S/c14-12-4-2-11(3-5-12)6-9-21(19,20)18-8-1-7-17-13(18)15-10-16-17/h2-6,9-10H,1,7-8H2. The normalized spacial score (nSPS) is 15.4. The van der Waals surface area contributed by atoms with Gasteiger partial charge in [-0.15, -0.1) is 0 Å². The molecule has 110 valence electrons. The molecule has 0 atom stereocenters. The van der Waals surface area contributed by atoms with E-state index >= 15 is 0 Å². The van der Waals surface area contributed by atoms with Crippen LogP contribution in [0.4, 0.5) is 5.95 Å². The van der Waals surface area contributed by atoms with Crippen molar-refractivity contribution in [3.8, 4) is 0 Å². The number of anilines is 1. The molecule has 0 aliphatic carbocycles. The minimum atomic E-state index is -3.58. The zero-order valence-electron chi connectivity index (χ0n) is 11.1. The van der Waals surface area contributed by atoms with Crippen molar-refractivity contribution in [2.45, 2.75) is 13.0 Å². The summed E-state index contributed by atoms with van der Waals surface area (Å²) >= 11 is 5.80. The van der Waals surface area contributed by atoms with Gasteiger partial charge in [-0.25, -0.2) is 17.4 Å². The molecule has 2 aromatic rings. The van der Waals surface area contributed by atoms with E-state index in [9.17, 15) is 8.42 Å². The molecular formula is C13H13ClN4O2S. The number of hydrogen-bond acceptors (Lipinski definition) is 4. The van der Waals surface area contributed by atoms with Crippen molar-refractivity contribution >= 4 is 33.6 Å². The molecule has 0 N–H and O–H groups in total. The first-order valence-corrected chi connectivity index (χ1v) is 8.28.